The number of ketones is 1. The monoisotopic (exact) mass is 269 g/mol. The molecule has 0 amide bonds. The maximum atomic E-state index is 12.5. The largest absolute Gasteiger partial charge is 0.323 e. The van der Waals surface area contributed by atoms with Crippen molar-refractivity contribution < 1.29 is 4.79 Å². The summed E-state index contributed by atoms with van der Waals surface area (Å²) in [4.78, 5) is 13.5. The maximum Gasteiger partial charge on any atom is 0.179 e. The van der Waals surface area contributed by atoms with Gasteiger partial charge in [-0.05, 0) is 24.6 Å². The van der Waals surface area contributed by atoms with E-state index in [9.17, 15) is 4.79 Å². The highest BCUT2D eigenvalue weighted by molar-refractivity contribution is 8.01. The van der Waals surface area contributed by atoms with Crippen LogP contribution in [0.15, 0.2) is 53.4 Å². The Morgan fingerprint density at radius 3 is 2.63 bits per heavy atom. The topological polar surface area (TPSA) is 43.1 Å². The lowest BCUT2D eigenvalue weighted by Crippen LogP contribution is -2.28. The first-order chi connectivity index (χ1) is 9.16. The molecule has 2 nitrogen and oxygen atoms in total. The van der Waals surface area contributed by atoms with Gasteiger partial charge >= 0.3 is 0 Å². The lowest BCUT2D eigenvalue weighted by molar-refractivity contribution is 0.0983. The zero-order valence-electron chi connectivity index (χ0n) is 10.7. The molecule has 0 saturated carbocycles. The third kappa shape index (κ3) is 2.20. The number of aryl methyl sites for hydroxylation is 1. The Hall–Kier alpha value is -1.58. The maximum absolute atomic E-state index is 12.5. The van der Waals surface area contributed by atoms with Crippen molar-refractivity contribution in [3.8, 4) is 0 Å². The fraction of sp³-hybridized carbons (Fsp3) is 0.188. The van der Waals surface area contributed by atoms with Crippen LogP contribution in [-0.2, 0) is 0 Å². The second kappa shape index (κ2) is 4.83. The summed E-state index contributed by atoms with van der Waals surface area (Å²) in [7, 11) is 0. The van der Waals surface area contributed by atoms with Gasteiger partial charge in [0.05, 0.1) is 5.25 Å². The molecule has 2 atom stereocenters. The number of hydrogen-bond acceptors (Lipinski definition) is 3. The van der Waals surface area contributed by atoms with E-state index in [1.54, 1.807) is 11.8 Å². The van der Waals surface area contributed by atoms with Crippen molar-refractivity contribution in [2.75, 3.05) is 0 Å². The molecule has 3 heteroatoms. The van der Waals surface area contributed by atoms with Gasteiger partial charge in [0.25, 0.3) is 0 Å². The average Bonchev–Trinajstić information content (AvgIpc) is 2.76. The molecule has 0 radical (unpaired) electrons. The van der Waals surface area contributed by atoms with Crippen LogP contribution in [0.25, 0.3) is 0 Å². The first-order valence-electron chi connectivity index (χ1n) is 6.29. The van der Waals surface area contributed by atoms with E-state index in [-0.39, 0.29) is 17.1 Å². The standard InChI is InChI=1S/C16H15NOS/c1-10-7-8-13-12(9-10)15(18)16(19-13)14(17)11-5-3-2-4-6-11/h2-9,14,16H,17H2,1H3. The van der Waals surface area contributed by atoms with Gasteiger partial charge in [-0.25, -0.2) is 0 Å². The van der Waals surface area contributed by atoms with Crippen LogP contribution in [0.3, 0.4) is 0 Å². The normalized spacial score (nSPS) is 19.3. The number of carbonyl (C=O) groups excluding carboxylic acids is 1. The number of rotatable bonds is 2. The highest BCUT2D eigenvalue weighted by Gasteiger charge is 2.36. The van der Waals surface area contributed by atoms with Crippen molar-refractivity contribution in [2.45, 2.75) is 23.1 Å². The van der Waals surface area contributed by atoms with Gasteiger partial charge in [0, 0.05) is 16.5 Å². The number of Topliss-reactive ketones (excluding diaryl/α,β-unsaturated/α-hetero) is 1. The molecule has 1 aliphatic heterocycles. The second-order valence-corrected chi connectivity index (χ2v) is 6.02. The lowest BCUT2D eigenvalue weighted by Gasteiger charge is -2.17. The molecule has 2 aromatic rings. The van der Waals surface area contributed by atoms with E-state index < -0.39 is 0 Å². The van der Waals surface area contributed by atoms with E-state index in [1.165, 1.54) is 0 Å². The van der Waals surface area contributed by atoms with Crippen LogP contribution < -0.4 is 5.73 Å². The first kappa shape index (κ1) is 12.5. The summed E-state index contributed by atoms with van der Waals surface area (Å²) in [6.07, 6.45) is 0. The third-order valence-corrected chi connectivity index (χ3v) is 4.79. The molecule has 96 valence electrons. The van der Waals surface area contributed by atoms with E-state index in [0.717, 1.165) is 21.6 Å². The van der Waals surface area contributed by atoms with Gasteiger partial charge in [0.15, 0.2) is 5.78 Å². The van der Waals surface area contributed by atoms with Gasteiger partial charge in [-0.15, -0.1) is 11.8 Å². The van der Waals surface area contributed by atoms with Gasteiger partial charge in [-0.2, -0.15) is 0 Å². The minimum atomic E-state index is -0.258. The average molecular weight is 269 g/mol. The fourth-order valence-corrected chi connectivity index (χ4v) is 3.61. The number of thioether (sulfide) groups is 1. The predicted octanol–water partition coefficient (Wildman–Crippen LogP) is 3.35. The molecular formula is C16H15NOS. The van der Waals surface area contributed by atoms with Crippen LogP contribution in [0, 0.1) is 6.92 Å². The Morgan fingerprint density at radius 1 is 1.16 bits per heavy atom. The van der Waals surface area contributed by atoms with Crippen LogP contribution in [0.1, 0.15) is 27.5 Å². The molecule has 0 saturated heterocycles. The van der Waals surface area contributed by atoms with Gasteiger partial charge in [0.2, 0.25) is 0 Å². The quantitative estimate of drug-likeness (QED) is 0.909. The number of hydrogen-bond donors (Lipinski definition) is 1. The molecular weight excluding hydrogens is 254 g/mol. The SMILES string of the molecule is Cc1ccc2c(c1)C(=O)C(C(N)c1ccccc1)S2. The van der Waals surface area contributed by atoms with Crippen molar-refractivity contribution in [3.63, 3.8) is 0 Å². The number of nitrogens with two attached hydrogens (primary N) is 1. The van der Waals surface area contributed by atoms with Crippen molar-refractivity contribution in [3.05, 3.63) is 65.2 Å². The van der Waals surface area contributed by atoms with E-state index in [0.29, 0.717) is 0 Å². The summed E-state index contributed by atoms with van der Waals surface area (Å²) in [5.41, 5.74) is 9.21. The Kier molecular flexibility index (Phi) is 3.17. The zero-order chi connectivity index (χ0) is 13.4. The Morgan fingerprint density at radius 2 is 1.89 bits per heavy atom. The molecule has 0 aliphatic carbocycles. The van der Waals surface area contributed by atoms with Crippen LogP contribution in [0.2, 0.25) is 0 Å². The molecule has 0 bridgehead atoms. The van der Waals surface area contributed by atoms with Crippen molar-refractivity contribution in [1.29, 1.82) is 0 Å². The third-order valence-electron chi connectivity index (χ3n) is 3.42. The number of fused-ring (bicyclic) bond motifs is 1. The Labute approximate surface area is 117 Å². The summed E-state index contributed by atoms with van der Waals surface area (Å²) in [5, 5.41) is -0.209. The van der Waals surface area contributed by atoms with Gasteiger partial charge in [-0.3, -0.25) is 4.79 Å². The lowest BCUT2D eigenvalue weighted by atomic mass is 9.98. The minimum absolute atomic E-state index is 0.153. The van der Waals surface area contributed by atoms with Crippen molar-refractivity contribution >= 4 is 17.5 Å². The molecule has 2 N–H and O–H groups in total. The van der Waals surface area contributed by atoms with Gasteiger partial charge in [-0.1, -0.05) is 42.0 Å². The number of benzene rings is 2. The summed E-state index contributed by atoms with van der Waals surface area (Å²) >= 11 is 1.58. The zero-order valence-corrected chi connectivity index (χ0v) is 11.5. The molecule has 1 aliphatic rings. The van der Waals surface area contributed by atoms with E-state index >= 15 is 0 Å². The minimum Gasteiger partial charge on any atom is -0.323 e. The molecule has 2 unspecified atom stereocenters. The van der Waals surface area contributed by atoms with Crippen LogP contribution >= 0.6 is 11.8 Å². The van der Waals surface area contributed by atoms with Gasteiger partial charge in [0.1, 0.15) is 0 Å². The molecule has 19 heavy (non-hydrogen) atoms. The Bertz CT molecular complexity index is 624. The summed E-state index contributed by atoms with van der Waals surface area (Å²) in [6.45, 7) is 2.00. The van der Waals surface area contributed by atoms with E-state index in [1.807, 2.05) is 55.5 Å². The smallest absolute Gasteiger partial charge is 0.179 e. The summed E-state index contributed by atoms with van der Waals surface area (Å²) in [6, 6.07) is 15.6. The molecule has 1 heterocycles. The highest BCUT2D eigenvalue weighted by Crippen LogP contribution is 2.41. The van der Waals surface area contributed by atoms with Crippen LogP contribution in [0.5, 0.6) is 0 Å². The summed E-state index contributed by atoms with van der Waals surface area (Å²) < 4.78 is 0. The molecule has 2 aromatic carbocycles. The molecule has 0 spiro atoms. The predicted molar refractivity (Wildman–Crippen MR) is 78.5 cm³/mol. The Balaban J connectivity index is 1.92. The highest BCUT2D eigenvalue weighted by atomic mass is 32.2. The van der Waals surface area contributed by atoms with Crippen molar-refractivity contribution in [1.82, 2.24) is 0 Å². The van der Waals surface area contributed by atoms with E-state index in [4.69, 9.17) is 5.73 Å². The summed E-state index contributed by atoms with van der Waals surface area (Å²) in [5.74, 6) is 0.153. The number of carbonyl (C=O) groups is 1. The van der Waals surface area contributed by atoms with E-state index in [2.05, 4.69) is 0 Å². The fourth-order valence-electron chi connectivity index (χ4n) is 2.37. The molecule has 0 fully saturated rings. The van der Waals surface area contributed by atoms with Gasteiger partial charge < -0.3 is 5.73 Å². The van der Waals surface area contributed by atoms with Crippen LogP contribution in [0.4, 0.5) is 0 Å². The van der Waals surface area contributed by atoms with Crippen molar-refractivity contribution in [2.24, 2.45) is 5.73 Å². The first-order valence-corrected chi connectivity index (χ1v) is 7.17. The molecule has 3 rings (SSSR count). The molecule has 0 aromatic heterocycles. The second-order valence-electron chi connectivity index (χ2n) is 4.84. The van der Waals surface area contributed by atoms with Crippen LogP contribution in [-0.4, -0.2) is 11.0 Å².